The molecule has 0 saturated heterocycles. The van der Waals surface area contributed by atoms with E-state index >= 15 is 0 Å². The van der Waals surface area contributed by atoms with Crippen LogP contribution in [0.15, 0.2) is 77.8 Å². The van der Waals surface area contributed by atoms with E-state index in [-0.39, 0.29) is 23.6 Å². The van der Waals surface area contributed by atoms with Crippen molar-refractivity contribution in [3.8, 4) is 0 Å². The standard InChI is InChI=1S/C24H24Cl2N2O/c1-3-29-20-6-4-5-15-24(20,2)23-27-21(16-7-11-18(25)12-8-16)22(28-23)17-9-13-19(26)14-10-17/h4-15,20-22H,3H2,1-2H3,(H,27,28). The van der Waals surface area contributed by atoms with Crippen molar-refractivity contribution >= 4 is 29.0 Å². The van der Waals surface area contributed by atoms with Crippen LogP contribution in [0.4, 0.5) is 0 Å². The van der Waals surface area contributed by atoms with Gasteiger partial charge >= 0.3 is 0 Å². The Morgan fingerprint density at radius 1 is 0.966 bits per heavy atom. The SMILES string of the molecule is CCOC1C=CC=CC1(C)C1=NC(c2ccc(Cl)cc2)C(c2ccc(Cl)cc2)N1. The molecule has 4 unspecified atom stereocenters. The number of ether oxygens (including phenoxy) is 1. The summed E-state index contributed by atoms with van der Waals surface area (Å²) >= 11 is 12.2. The molecule has 0 saturated carbocycles. The average molecular weight is 427 g/mol. The third-order valence-electron chi connectivity index (χ3n) is 5.60. The van der Waals surface area contributed by atoms with Crippen molar-refractivity contribution < 1.29 is 4.74 Å². The van der Waals surface area contributed by atoms with Crippen LogP contribution in [-0.4, -0.2) is 18.5 Å². The fourth-order valence-corrected chi connectivity index (χ4v) is 4.22. The van der Waals surface area contributed by atoms with Gasteiger partial charge in [0.15, 0.2) is 0 Å². The van der Waals surface area contributed by atoms with Gasteiger partial charge < -0.3 is 10.1 Å². The van der Waals surface area contributed by atoms with Crippen molar-refractivity contribution in [2.45, 2.75) is 32.0 Å². The summed E-state index contributed by atoms with van der Waals surface area (Å²) in [4.78, 5) is 5.16. The molecule has 150 valence electrons. The third-order valence-corrected chi connectivity index (χ3v) is 6.11. The first-order valence-corrected chi connectivity index (χ1v) is 10.6. The van der Waals surface area contributed by atoms with Crippen LogP contribution in [0, 0.1) is 5.41 Å². The van der Waals surface area contributed by atoms with Crippen LogP contribution in [0.1, 0.15) is 37.1 Å². The highest BCUT2D eigenvalue weighted by Crippen LogP contribution is 2.42. The van der Waals surface area contributed by atoms with E-state index in [1.807, 2.05) is 49.4 Å². The van der Waals surface area contributed by atoms with Crippen molar-refractivity contribution in [2.24, 2.45) is 10.4 Å². The Bertz CT molecular complexity index is 950. The van der Waals surface area contributed by atoms with Crippen molar-refractivity contribution in [1.29, 1.82) is 0 Å². The maximum Gasteiger partial charge on any atom is 0.111 e. The largest absolute Gasteiger partial charge is 0.373 e. The lowest BCUT2D eigenvalue weighted by atomic mass is 9.79. The smallest absolute Gasteiger partial charge is 0.111 e. The molecule has 0 radical (unpaired) electrons. The molecule has 3 nitrogen and oxygen atoms in total. The number of rotatable bonds is 5. The number of benzene rings is 2. The molecular weight excluding hydrogens is 403 g/mol. The predicted molar refractivity (Wildman–Crippen MR) is 121 cm³/mol. The molecule has 1 aliphatic heterocycles. The molecular formula is C24H24Cl2N2O. The van der Waals surface area contributed by atoms with Crippen LogP contribution < -0.4 is 5.32 Å². The quantitative estimate of drug-likeness (QED) is 0.606. The number of aliphatic imine (C=N–C) groups is 1. The first kappa shape index (κ1) is 20.2. The van der Waals surface area contributed by atoms with Gasteiger partial charge in [-0.1, -0.05) is 71.8 Å². The number of allylic oxidation sites excluding steroid dienone is 2. The van der Waals surface area contributed by atoms with E-state index in [1.54, 1.807) is 0 Å². The molecule has 1 heterocycles. The zero-order valence-corrected chi connectivity index (χ0v) is 18.0. The van der Waals surface area contributed by atoms with Gasteiger partial charge in [0.25, 0.3) is 0 Å². The van der Waals surface area contributed by atoms with Crippen LogP contribution >= 0.6 is 23.2 Å². The van der Waals surface area contributed by atoms with E-state index in [1.165, 1.54) is 0 Å². The van der Waals surface area contributed by atoms with E-state index in [0.29, 0.717) is 6.61 Å². The van der Waals surface area contributed by atoms with Crippen LogP contribution in [0.3, 0.4) is 0 Å². The minimum Gasteiger partial charge on any atom is -0.373 e. The summed E-state index contributed by atoms with van der Waals surface area (Å²) in [5, 5.41) is 5.14. The highest BCUT2D eigenvalue weighted by Gasteiger charge is 2.43. The Labute approximate surface area is 182 Å². The van der Waals surface area contributed by atoms with Gasteiger partial charge in [-0.2, -0.15) is 0 Å². The Kier molecular flexibility index (Phi) is 5.82. The summed E-state index contributed by atoms with van der Waals surface area (Å²) in [6.07, 6.45) is 8.29. The zero-order valence-electron chi connectivity index (χ0n) is 16.5. The fraction of sp³-hybridized carbons (Fsp3) is 0.292. The van der Waals surface area contributed by atoms with Gasteiger partial charge in [0.1, 0.15) is 11.9 Å². The molecule has 5 heteroatoms. The van der Waals surface area contributed by atoms with E-state index in [4.69, 9.17) is 32.9 Å². The third kappa shape index (κ3) is 4.00. The normalized spacial score (nSPS) is 28.3. The van der Waals surface area contributed by atoms with Gasteiger partial charge in [-0.05, 0) is 49.2 Å². The number of hydrogen-bond acceptors (Lipinski definition) is 3. The van der Waals surface area contributed by atoms with Crippen molar-refractivity contribution in [1.82, 2.24) is 5.32 Å². The first-order valence-electron chi connectivity index (χ1n) is 9.84. The first-order chi connectivity index (χ1) is 14.0. The fourth-order valence-electron chi connectivity index (χ4n) is 3.97. The number of nitrogens with one attached hydrogen (secondary N) is 1. The summed E-state index contributed by atoms with van der Waals surface area (Å²) < 4.78 is 6.03. The monoisotopic (exact) mass is 426 g/mol. The Morgan fingerprint density at radius 3 is 2.21 bits per heavy atom. The van der Waals surface area contributed by atoms with Gasteiger partial charge in [0, 0.05) is 16.7 Å². The maximum absolute atomic E-state index is 6.12. The highest BCUT2D eigenvalue weighted by molar-refractivity contribution is 6.30. The predicted octanol–water partition coefficient (Wildman–Crippen LogP) is 6.31. The average Bonchev–Trinajstić information content (AvgIpc) is 3.17. The lowest BCUT2D eigenvalue weighted by molar-refractivity contribution is 0.0520. The minimum absolute atomic E-state index is 0.00171. The molecule has 0 bridgehead atoms. The van der Waals surface area contributed by atoms with Crippen LogP contribution in [0.25, 0.3) is 0 Å². The second kappa shape index (κ2) is 8.35. The Morgan fingerprint density at radius 2 is 1.59 bits per heavy atom. The molecule has 1 N–H and O–H groups in total. The lowest BCUT2D eigenvalue weighted by Crippen LogP contribution is -2.45. The van der Waals surface area contributed by atoms with E-state index in [0.717, 1.165) is 27.0 Å². The summed E-state index contributed by atoms with van der Waals surface area (Å²) in [6.45, 7) is 4.83. The summed E-state index contributed by atoms with van der Waals surface area (Å²) in [6, 6.07) is 15.8. The second-order valence-corrected chi connectivity index (χ2v) is 8.42. The molecule has 2 aromatic rings. The second-order valence-electron chi connectivity index (χ2n) is 7.55. The molecule has 0 spiro atoms. The van der Waals surface area contributed by atoms with Gasteiger partial charge in [-0.15, -0.1) is 0 Å². The molecule has 1 aliphatic carbocycles. The number of nitrogens with zero attached hydrogens (tertiary/aromatic N) is 1. The topological polar surface area (TPSA) is 33.6 Å². The highest BCUT2D eigenvalue weighted by atomic mass is 35.5. The molecule has 0 aromatic heterocycles. The molecule has 29 heavy (non-hydrogen) atoms. The molecule has 4 atom stereocenters. The summed E-state index contributed by atoms with van der Waals surface area (Å²) in [5.41, 5.74) is 1.89. The molecule has 0 fully saturated rings. The number of halogens is 2. The van der Waals surface area contributed by atoms with Crippen LogP contribution in [0.2, 0.25) is 10.0 Å². The van der Waals surface area contributed by atoms with E-state index < -0.39 is 0 Å². The van der Waals surface area contributed by atoms with Gasteiger partial charge in [0.2, 0.25) is 0 Å². The van der Waals surface area contributed by atoms with Crippen LogP contribution in [-0.2, 0) is 4.74 Å². The molecule has 0 amide bonds. The summed E-state index contributed by atoms with van der Waals surface area (Å²) in [5.74, 6) is 0.927. The number of amidine groups is 1. The van der Waals surface area contributed by atoms with Gasteiger partial charge in [0.05, 0.1) is 17.6 Å². The Balaban J connectivity index is 1.74. The van der Waals surface area contributed by atoms with Gasteiger partial charge in [-0.25, -0.2) is 0 Å². The molecule has 2 aromatic carbocycles. The molecule has 4 rings (SSSR count). The zero-order chi connectivity index (χ0) is 20.4. The number of hydrogen-bond donors (Lipinski definition) is 1. The van der Waals surface area contributed by atoms with Crippen molar-refractivity contribution in [2.75, 3.05) is 6.61 Å². The van der Waals surface area contributed by atoms with E-state index in [9.17, 15) is 0 Å². The van der Waals surface area contributed by atoms with Crippen molar-refractivity contribution in [3.63, 3.8) is 0 Å². The van der Waals surface area contributed by atoms with Crippen molar-refractivity contribution in [3.05, 3.63) is 94.0 Å². The summed E-state index contributed by atoms with van der Waals surface area (Å²) in [7, 11) is 0. The lowest BCUT2D eigenvalue weighted by Gasteiger charge is -2.35. The van der Waals surface area contributed by atoms with E-state index in [2.05, 4.69) is 42.6 Å². The van der Waals surface area contributed by atoms with Gasteiger partial charge in [-0.3, -0.25) is 4.99 Å². The Hall–Kier alpha value is -2.07. The minimum atomic E-state index is -0.364. The molecule has 2 aliphatic rings. The van der Waals surface area contributed by atoms with Crippen LogP contribution in [0.5, 0.6) is 0 Å². The maximum atomic E-state index is 6.12.